The van der Waals surface area contributed by atoms with Crippen LogP contribution in [0.15, 0.2) is 0 Å². The monoisotopic (exact) mass is 188 g/mol. The molecular formula is C8H16N2O3. The van der Waals surface area contributed by atoms with Gasteiger partial charge in [0.25, 0.3) is 0 Å². The predicted octanol–water partition coefficient (Wildman–Crippen LogP) is -0.425. The van der Waals surface area contributed by atoms with Gasteiger partial charge in [-0.25, -0.2) is 0 Å². The van der Waals surface area contributed by atoms with E-state index >= 15 is 0 Å². The lowest BCUT2D eigenvalue weighted by molar-refractivity contribution is -0.136. The fourth-order valence-corrected chi connectivity index (χ4v) is 0.791. The van der Waals surface area contributed by atoms with Crippen LogP contribution in [0.25, 0.3) is 0 Å². The van der Waals surface area contributed by atoms with E-state index in [0.717, 1.165) is 0 Å². The second-order valence-electron chi connectivity index (χ2n) is 3.04. The summed E-state index contributed by atoms with van der Waals surface area (Å²) < 4.78 is 0. The van der Waals surface area contributed by atoms with Crippen LogP contribution in [-0.2, 0) is 9.59 Å². The average Bonchev–Trinajstić information content (AvgIpc) is 1.96. The molecular weight excluding hydrogens is 172 g/mol. The number of rotatable bonds is 6. The van der Waals surface area contributed by atoms with Gasteiger partial charge in [-0.1, -0.05) is 0 Å². The molecule has 5 heteroatoms. The molecule has 1 amide bonds. The molecule has 0 saturated carbocycles. The predicted molar refractivity (Wildman–Crippen MR) is 48.4 cm³/mol. The van der Waals surface area contributed by atoms with Crippen molar-refractivity contribution >= 4 is 11.9 Å². The second-order valence-corrected chi connectivity index (χ2v) is 3.04. The molecule has 0 aromatic rings. The van der Waals surface area contributed by atoms with E-state index in [4.69, 9.17) is 5.11 Å². The Kier molecular flexibility index (Phi) is 5.88. The van der Waals surface area contributed by atoms with Crippen molar-refractivity contribution in [2.75, 3.05) is 13.1 Å². The van der Waals surface area contributed by atoms with E-state index in [1.54, 1.807) is 0 Å². The number of carbonyl (C=O) groups is 2. The third-order valence-corrected chi connectivity index (χ3v) is 1.25. The highest BCUT2D eigenvalue weighted by molar-refractivity contribution is 5.76. The zero-order valence-corrected chi connectivity index (χ0v) is 7.96. The van der Waals surface area contributed by atoms with Gasteiger partial charge >= 0.3 is 5.97 Å². The Morgan fingerprint density at radius 1 is 1.38 bits per heavy atom. The van der Waals surface area contributed by atoms with Crippen molar-refractivity contribution in [2.24, 2.45) is 0 Å². The van der Waals surface area contributed by atoms with E-state index in [9.17, 15) is 9.59 Å². The molecule has 0 fully saturated rings. The molecule has 0 aromatic carbocycles. The quantitative estimate of drug-likeness (QED) is 0.494. The first-order chi connectivity index (χ1) is 6.02. The van der Waals surface area contributed by atoms with Crippen LogP contribution in [-0.4, -0.2) is 36.1 Å². The molecule has 0 aliphatic rings. The summed E-state index contributed by atoms with van der Waals surface area (Å²) in [6.07, 6.45) is 0.311. The Morgan fingerprint density at radius 2 is 2.00 bits per heavy atom. The van der Waals surface area contributed by atoms with Crippen molar-refractivity contribution in [3.8, 4) is 0 Å². The van der Waals surface area contributed by atoms with Gasteiger partial charge in [-0.2, -0.15) is 0 Å². The number of nitrogens with one attached hydrogen (secondary N) is 2. The molecule has 0 atom stereocenters. The zero-order valence-electron chi connectivity index (χ0n) is 7.96. The summed E-state index contributed by atoms with van der Waals surface area (Å²) in [5.41, 5.74) is 0. The molecule has 0 rings (SSSR count). The van der Waals surface area contributed by atoms with Gasteiger partial charge in [0, 0.05) is 19.0 Å². The fourth-order valence-electron chi connectivity index (χ4n) is 0.791. The molecule has 0 aliphatic carbocycles. The standard InChI is InChI=1S/C8H16N2O3/c1-6(2)10-7(11)3-4-9-5-8(12)13/h6,9H,3-5H2,1-2H3,(H,10,11)(H,12,13). The Bertz CT molecular complexity index is 180. The summed E-state index contributed by atoms with van der Waals surface area (Å²) >= 11 is 0. The van der Waals surface area contributed by atoms with Gasteiger partial charge in [0.05, 0.1) is 6.54 Å². The van der Waals surface area contributed by atoms with Gasteiger partial charge in [-0.05, 0) is 13.8 Å². The minimum Gasteiger partial charge on any atom is -0.480 e. The van der Waals surface area contributed by atoms with Gasteiger partial charge in [-0.15, -0.1) is 0 Å². The Hall–Kier alpha value is -1.10. The van der Waals surface area contributed by atoms with Crippen molar-refractivity contribution in [3.63, 3.8) is 0 Å². The van der Waals surface area contributed by atoms with Crippen LogP contribution in [0, 0.1) is 0 Å². The van der Waals surface area contributed by atoms with Crippen LogP contribution in [0.5, 0.6) is 0 Å². The first-order valence-corrected chi connectivity index (χ1v) is 4.24. The molecule has 5 nitrogen and oxygen atoms in total. The van der Waals surface area contributed by atoms with Gasteiger partial charge in [0.15, 0.2) is 0 Å². The third-order valence-electron chi connectivity index (χ3n) is 1.25. The SMILES string of the molecule is CC(C)NC(=O)CCNCC(=O)O. The highest BCUT2D eigenvalue weighted by Gasteiger charge is 2.02. The molecule has 0 saturated heterocycles. The van der Waals surface area contributed by atoms with Crippen LogP contribution in [0.2, 0.25) is 0 Å². The fraction of sp³-hybridized carbons (Fsp3) is 0.750. The summed E-state index contributed by atoms with van der Waals surface area (Å²) in [6.45, 7) is 4.05. The molecule has 0 heterocycles. The highest BCUT2D eigenvalue weighted by atomic mass is 16.4. The van der Waals surface area contributed by atoms with Crippen LogP contribution >= 0.6 is 0 Å². The molecule has 0 radical (unpaired) electrons. The van der Waals surface area contributed by atoms with Crippen molar-refractivity contribution in [2.45, 2.75) is 26.3 Å². The molecule has 76 valence electrons. The summed E-state index contributed by atoms with van der Waals surface area (Å²) in [5, 5.41) is 13.6. The first-order valence-electron chi connectivity index (χ1n) is 4.24. The molecule has 13 heavy (non-hydrogen) atoms. The van der Waals surface area contributed by atoms with Gasteiger partial charge in [0.1, 0.15) is 0 Å². The van der Waals surface area contributed by atoms with Crippen molar-refractivity contribution in [1.29, 1.82) is 0 Å². The van der Waals surface area contributed by atoms with E-state index in [1.807, 2.05) is 13.8 Å². The molecule has 0 spiro atoms. The lowest BCUT2D eigenvalue weighted by Crippen LogP contribution is -2.33. The van der Waals surface area contributed by atoms with Crippen molar-refractivity contribution in [3.05, 3.63) is 0 Å². The van der Waals surface area contributed by atoms with E-state index < -0.39 is 5.97 Å². The lowest BCUT2D eigenvalue weighted by Gasteiger charge is -2.07. The van der Waals surface area contributed by atoms with Crippen LogP contribution < -0.4 is 10.6 Å². The van der Waals surface area contributed by atoms with Crippen LogP contribution in [0.1, 0.15) is 20.3 Å². The van der Waals surface area contributed by atoms with Crippen molar-refractivity contribution < 1.29 is 14.7 Å². The van der Waals surface area contributed by atoms with Gasteiger partial charge < -0.3 is 15.7 Å². The molecule has 0 aromatic heterocycles. The zero-order chi connectivity index (χ0) is 10.3. The molecule has 0 bridgehead atoms. The number of amides is 1. The Balaban J connectivity index is 3.32. The van der Waals surface area contributed by atoms with E-state index in [1.165, 1.54) is 0 Å². The number of carbonyl (C=O) groups excluding carboxylic acids is 1. The van der Waals surface area contributed by atoms with E-state index in [-0.39, 0.29) is 18.5 Å². The third kappa shape index (κ3) is 8.81. The largest absolute Gasteiger partial charge is 0.480 e. The summed E-state index contributed by atoms with van der Waals surface area (Å²) in [7, 11) is 0. The number of hydrogen-bond acceptors (Lipinski definition) is 3. The summed E-state index contributed by atoms with van der Waals surface area (Å²) in [6, 6.07) is 0.131. The number of aliphatic carboxylic acids is 1. The molecule has 0 aliphatic heterocycles. The maximum atomic E-state index is 11.0. The minimum absolute atomic E-state index is 0.0621. The van der Waals surface area contributed by atoms with Crippen LogP contribution in [0.3, 0.4) is 0 Å². The summed E-state index contributed by atoms with van der Waals surface area (Å²) in [5.74, 6) is -0.975. The number of carboxylic acids is 1. The summed E-state index contributed by atoms with van der Waals surface area (Å²) in [4.78, 5) is 21.1. The van der Waals surface area contributed by atoms with Gasteiger partial charge in [0.2, 0.25) is 5.91 Å². The lowest BCUT2D eigenvalue weighted by atomic mass is 10.3. The van der Waals surface area contributed by atoms with E-state index in [2.05, 4.69) is 10.6 Å². The Morgan fingerprint density at radius 3 is 2.46 bits per heavy atom. The van der Waals surface area contributed by atoms with E-state index in [0.29, 0.717) is 13.0 Å². The number of carboxylic acid groups (broad SMARTS) is 1. The van der Waals surface area contributed by atoms with Gasteiger partial charge in [-0.3, -0.25) is 9.59 Å². The highest BCUT2D eigenvalue weighted by Crippen LogP contribution is 1.81. The molecule has 3 N–H and O–H groups in total. The minimum atomic E-state index is -0.913. The van der Waals surface area contributed by atoms with Crippen LogP contribution in [0.4, 0.5) is 0 Å². The second kappa shape index (κ2) is 6.42. The average molecular weight is 188 g/mol. The smallest absolute Gasteiger partial charge is 0.317 e. The first kappa shape index (κ1) is 11.9. The normalized spacial score (nSPS) is 10.1. The maximum absolute atomic E-state index is 11.0. The molecule has 0 unspecified atom stereocenters. The van der Waals surface area contributed by atoms with Crippen molar-refractivity contribution in [1.82, 2.24) is 10.6 Å². The Labute approximate surface area is 77.5 Å². The number of hydrogen-bond donors (Lipinski definition) is 3. The maximum Gasteiger partial charge on any atom is 0.317 e. The topological polar surface area (TPSA) is 78.4 Å².